The van der Waals surface area contributed by atoms with Crippen LogP contribution in [0.1, 0.15) is 19.4 Å². The van der Waals surface area contributed by atoms with Crippen LogP contribution >= 0.6 is 0 Å². The smallest absolute Gasteiger partial charge is 0.120 e. The lowest BCUT2D eigenvalue weighted by Crippen LogP contribution is -2.40. The Kier molecular flexibility index (Phi) is 3.55. The largest absolute Gasteiger partial charge is 0.508 e. The number of anilines is 1. The summed E-state index contributed by atoms with van der Waals surface area (Å²) in [5, 5.41) is 12.7. The Labute approximate surface area is 90.1 Å². The number of benzene rings is 1. The summed E-state index contributed by atoms with van der Waals surface area (Å²) in [4.78, 5) is 0. The van der Waals surface area contributed by atoms with Gasteiger partial charge in [0.05, 0.1) is 0 Å². The average Bonchev–Trinajstić information content (AvgIpc) is 2.20. The van der Waals surface area contributed by atoms with Crippen molar-refractivity contribution in [1.82, 2.24) is 5.32 Å². The van der Waals surface area contributed by atoms with Crippen LogP contribution in [0.15, 0.2) is 18.2 Å². The molecule has 0 unspecified atom stereocenters. The van der Waals surface area contributed by atoms with E-state index in [9.17, 15) is 5.11 Å². The van der Waals surface area contributed by atoms with E-state index in [1.165, 1.54) is 0 Å². The molecular formula is C11H18N2O2. The molecule has 0 amide bonds. The van der Waals surface area contributed by atoms with Gasteiger partial charge in [-0.15, -0.1) is 0 Å². The molecule has 4 nitrogen and oxygen atoms in total. The molecular weight excluding hydrogens is 192 g/mol. The molecule has 0 saturated carbocycles. The van der Waals surface area contributed by atoms with E-state index in [0.717, 1.165) is 5.56 Å². The number of nitrogens with one attached hydrogen (secondary N) is 1. The van der Waals surface area contributed by atoms with Gasteiger partial charge in [-0.05, 0) is 32.0 Å². The third kappa shape index (κ3) is 3.42. The zero-order valence-electron chi connectivity index (χ0n) is 9.37. The van der Waals surface area contributed by atoms with E-state index in [1.807, 2.05) is 13.8 Å². The van der Waals surface area contributed by atoms with E-state index in [0.29, 0.717) is 12.2 Å². The van der Waals surface area contributed by atoms with Gasteiger partial charge < -0.3 is 15.6 Å². The molecule has 1 aromatic carbocycles. The molecule has 0 aliphatic heterocycles. The third-order valence-corrected chi connectivity index (χ3v) is 2.32. The zero-order chi connectivity index (χ0) is 11.5. The van der Waals surface area contributed by atoms with Gasteiger partial charge in [-0.1, -0.05) is 0 Å². The lowest BCUT2D eigenvalue weighted by atomic mass is 10.1. The highest BCUT2D eigenvalue weighted by atomic mass is 16.5. The Balaban J connectivity index is 2.69. The summed E-state index contributed by atoms with van der Waals surface area (Å²) in [6.45, 7) is 4.34. The molecule has 15 heavy (non-hydrogen) atoms. The first kappa shape index (κ1) is 11.8. The van der Waals surface area contributed by atoms with Gasteiger partial charge in [-0.3, -0.25) is 5.32 Å². The van der Waals surface area contributed by atoms with Crippen molar-refractivity contribution in [3.05, 3.63) is 23.8 Å². The second kappa shape index (κ2) is 4.51. The van der Waals surface area contributed by atoms with E-state index in [-0.39, 0.29) is 5.75 Å². The lowest BCUT2D eigenvalue weighted by molar-refractivity contribution is -0.00877. The second-order valence-electron chi connectivity index (χ2n) is 3.96. The number of rotatable bonds is 4. The molecule has 0 spiro atoms. The number of hydrogen-bond donors (Lipinski definition) is 3. The average molecular weight is 210 g/mol. The van der Waals surface area contributed by atoms with Gasteiger partial charge >= 0.3 is 0 Å². The lowest BCUT2D eigenvalue weighted by Gasteiger charge is -2.24. The first-order chi connectivity index (χ1) is 6.94. The number of nitrogen functional groups attached to an aromatic ring is 1. The maximum Gasteiger partial charge on any atom is 0.120 e. The summed E-state index contributed by atoms with van der Waals surface area (Å²) in [6.07, 6.45) is 0. The van der Waals surface area contributed by atoms with Crippen molar-refractivity contribution >= 4 is 5.69 Å². The Morgan fingerprint density at radius 1 is 1.47 bits per heavy atom. The predicted octanol–water partition coefficient (Wildman–Crippen LogP) is 1.45. The maximum absolute atomic E-state index is 9.57. The van der Waals surface area contributed by atoms with E-state index in [2.05, 4.69) is 5.32 Å². The van der Waals surface area contributed by atoms with Gasteiger partial charge in [0.15, 0.2) is 0 Å². The van der Waals surface area contributed by atoms with E-state index < -0.39 is 5.72 Å². The van der Waals surface area contributed by atoms with Crippen molar-refractivity contribution in [1.29, 1.82) is 0 Å². The van der Waals surface area contributed by atoms with Crippen LogP contribution in [0.4, 0.5) is 5.69 Å². The highest BCUT2D eigenvalue weighted by Gasteiger charge is 2.15. The standard InChI is InChI=1S/C11H18N2O2/c1-11(2,15-3)13-7-8-6-9(12)4-5-10(8)14/h4-6,13-14H,7,12H2,1-3H3. The number of hydrogen-bond acceptors (Lipinski definition) is 4. The molecule has 0 atom stereocenters. The number of phenolic OH excluding ortho intramolecular Hbond substituents is 1. The van der Waals surface area contributed by atoms with Crippen molar-refractivity contribution in [3.8, 4) is 5.75 Å². The molecule has 0 heterocycles. The van der Waals surface area contributed by atoms with Gasteiger partial charge in [0.2, 0.25) is 0 Å². The fraction of sp³-hybridized carbons (Fsp3) is 0.455. The number of ether oxygens (including phenoxy) is 1. The normalized spacial score (nSPS) is 11.7. The summed E-state index contributed by atoms with van der Waals surface area (Å²) in [5.41, 5.74) is 6.61. The number of phenols is 1. The quantitative estimate of drug-likeness (QED) is 0.400. The summed E-state index contributed by atoms with van der Waals surface area (Å²) < 4.78 is 5.21. The Bertz CT molecular complexity index is 337. The predicted molar refractivity (Wildman–Crippen MR) is 60.4 cm³/mol. The molecule has 0 bridgehead atoms. The minimum Gasteiger partial charge on any atom is -0.508 e. The van der Waals surface area contributed by atoms with Crippen molar-refractivity contribution in [2.75, 3.05) is 12.8 Å². The molecule has 4 heteroatoms. The van der Waals surface area contributed by atoms with Gasteiger partial charge in [-0.25, -0.2) is 0 Å². The summed E-state index contributed by atoms with van der Waals surface area (Å²) in [5.74, 6) is 0.239. The molecule has 0 aliphatic carbocycles. The van der Waals surface area contributed by atoms with Gasteiger partial charge in [0.1, 0.15) is 11.5 Å². The topological polar surface area (TPSA) is 67.5 Å². The molecule has 0 radical (unpaired) electrons. The minimum atomic E-state index is -0.420. The van der Waals surface area contributed by atoms with Crippen LogP contribution in [0.5, 0.6) is 5.75 Å². The Hall–Kier alpha value is -1.26. The first-order valence-corrected chi connectivity index (χ1v) is 4.82. The maximum atomic E-state index is 9.57. The van der Waals surface area contributed by atoms with Gasteiger partial charge in [-0.2, -0.15) is 0 Å². The zero-order valence-corrected chi connectivity index (χ0v) is 9.37. The molecule has 4 N–H and O–H groups in total. The number of nitrogens with two attached hydrogens (primary N) is 1. The second-order valence-corrected chi connectivity index (χ2v) is 3.96. The van der Waals surface area contributed by atoms with E-state index in [4.69, 9.17) is 10.5 Å². The molecule has 0 aliphatic rings. The molecule has 1 aromatic rings. The SMILES string of the molecule is COC(C)(C)NCc1cc(N)ccc1O. The number of aromatic hydroxyl groups is 1. The van der Waals surface area contributed by atoms with Crippen LogP contribution in [-0.4, -0.2) is 17.9 Å². The summed E-state index contributed by atoms with van der Waals surface area (Å²) in [6, 6.07) is 5.00. The molecule has 0 aromatic heterocycles. The molecule has 1 rings (SSSR count). The third-order valence-electron chi connectivity index (χ3n) is 2.32. The van der Waals surface area contributed by atoms with Crippen LogP contribution < -0.4 is 11.1 Å². The van der Waals surface area contributed by atoms with E-state index >= 15 is 0 Å². The van der Waals surface area contributed by atoms with Gasteiger partial charge in [0.25, 0.3) is 0 Å². The number of methoxy groups -OCH3 is 1. The van der Waals surface area contributed by atoms with Crippen molar-refractivity contribution < 1.29 is 9.84 Å². The minimum absolute atomic E-state index is 0.239. The highest BCUT2D eigenvalue weighted by Crippen LogP contribution is 2.20. The fourth-order valence-electron chi connectivity index (χ4n) is 1.13. The highest BCUT2D eigenvalue weighted by molar-refractivity contribution is 5.47. The van der Waals surface area contributed by atoms with Crippen LogP contribution in [0, 0.1) is 0 Å². The van der Waals surface area contributed by atoms with Crippen LogP contribution in [0.25, 0.3) is 0 Å². The first-order valence-electron chi connectivity index (χ1n) is 4.82. The van der Waals surface area contributed by atoms with Crippen LogP contribution in [0.3, 0.4) is 0 Å². The molecule has 84 valence electrons. The van der Waals surface area contributed by atoms with Crippen molar-refractivity contribution in [2.24, 2.45) is 0 Å². The van der Waals surface area contributed by atoms with E-state index in [1.54, 1.807) is 25.3 Å². The monoisotopic (exact) mass is 210 g/mol. The fourth-order valence-corrected chi connectivity index (χ4v) is 1.13. The van der Waals surface area contributed by atoms with Crippen LogP contribution in [-0.2, 0) is 11.3 Å². The Morgan fingerprint density at radius 3 is 2.73 bits per heavy atom. The molecule has 0 saturated heterocycles. The van der Waals surface area contributed by atoms with Crippen LogP contribution in [0.2, 0.25) is 0 Å². The van der Waals surface area contributed by atoms with Crippen molar-refractivity contribution in [3.63, 3.8) is 0 Å². The van der Waals surface area contributed by atoms with Crippen molar-refractivity contribution in [2.45, 2.75) is 26.1 Å². The molecule has 0 fully saturated rings. The Morgan fingerprint density at radius 2 is 2.13 bits per heavy atom. The summed E-state index contributed by atoms with van der Waals surface area (Å²) in [7, 11) is 1.63. The van der Waals surface area contributed by atoms with Gasteiger partial charge in [0, 0.05) is 24.9 Å². The summed E-state index contributed by atoms with van der Waals surface area (Å²) >= 11 is 0.